The third kappa shape index (κ3) is 7.00. The SMILES string of the molecule is CCCCCc1ccc(-c2ccc(-c3ccc(-c4ccc(C(F)(F)Oc5cc(F)c(F)c(F)c5)c(F)c4)c(F)c3)c(F)c2)nc1. The first-order chi connectivity index (χ1) is 21.5. The van der Waals surface area contributed by atoms with Gasteiger partial charge in [0.2, 0.25) is 0 Å². The van der Waals surface area contributed by atoms with Crippen molar-refractivity contribution in [2.45, 2.75) is 38.7 Å². The predicted octanol–water partition coefficient (Wildman–Crippen LogP) is 10.8. The Kier molecular flexibility index (Phi) is 9.22. The molecule has 0 aliphatic carbocycles. The Morgan fingerprint density at radius 1 is 0.622 bits per heavy atom. The second-order valence-electron chi connectivity index (χ2n) is 10.4. The molecule has 10 heteroatoms. The summed E-state index contributed by atoms with van der Waals surface area (Å²) in [7, 11) is 0. The molecule has 0 unspecified atom stereocenters. The molecule has 0 amide bonds. The first kappa shape index (κ1) is 31.7. The van der Waals surface area contributed by atoms with E-state index in [1.807, 2.05) is 12.1 Å². The molecule has 0 aliphatic rings. The fourth-order valence-corrected chi connectivity index (χ4v) is 4.86. The van der Waals surface area contributed by atoms with E-state index >= 15 is 8.78 Å². The van der Waals surface area contributed by atoms with Gasteiger partial charge in [0.05, 0.1) is 11.3 Å². The van der Waals surface area contributed by atoms with Crippen molar-refractivity contribution in [3.05, 3.63) is 131 Å². The first-order valence-electron chi connectivity index (χ1n) is 14.0. The molecule has 0 aliphatic heterocycles. The summed E-state index contributed by atoms with van der Waals surface area (Å²) in [4.78, 5) is 4.43. The molecule has 0 fully saturated rings. The van der Waals surface area contributed by atoms with Crippen LogP contribution < -0.4 is 4.74 Å². The van der Waals surface area contributed by atoms with Crippen molar-refractivity contribution in [2.24, 2.45) is 0 Å². The summed E-state index contributed by atoms with van der Waals surface area (Å²) in [5, 5.41) is 0. The molecule has 5 rings (SSSR count). The summed E-state index contributed by atoms with van der Waals surface area (Å²) < 4.78 is 119. The summed E-state index contributed by atoms with van der Waals surface area (Å²) in [5.41, 5.74) is 0.930. The molecule has 0 spiro atoms. The fraction of sp³-hybridized carbons (Fsp3) is 0.171. The minimum absolute atomic E-state index is 0.104. The van der Waals surface area contributed by atoms with Gasteiger partial charge in [0.1, 0.15) is 23.2 Å². The molecule has 232 valence electrons. The average molecular weight is 628 g/mol. The van der Waals surface area contributed by atoms with Crippen molar-refractivity contribution in [1.82, 2.24) is 4.98 Å². The summed E-state index contributed by atoms with van der Waals surface area (Å²) in [5.74, 6) is -9.50. The number of alkyl halides is 2. The summed E-state index contributed by atoms with van der Waals surface area (Å²) in [6.45, 7) is 2.13. The standard InChI is InChI=1S/C35H25F8NO/c1-2-3-4-5-20-6-13-33(44-19-20)23-8-11-26(29(37)16-23)21-7-10-25(28(36)14-21)22-9-12-27(30(38)15-22)35(42,43)45-24-17-31(39)34(41)32(40)18-24/h6-19H,2-5H2,1H3. The molecular formula is C35H25F8NO. The largest absolute Gasteiger partial charge is 0.429 e. The number of nitrogens with zero attached hydrogens (tertiary/aromatic N) is 1. The molecule has 1 heterocycles. The lowest BCUT2D eigenvalue weighted by atomic mass is 9.97. The van der Waals surface area contributed by atoms with E-state index in [1.165, 1.54) is 24.3 Å². The second-order valence-corrected chi connectivity index (χ2v) is 10.4. The highest BCUT2D eigenvalue weighted by Crippen LogP contribution is 2.37. The molecule has 4 aromatic carbocycles. The van der Waals surface area contributed by atoms with Gasteiger partial charge in [0, 0.05) is 35.0 Å². The Hall–Kier alpha value is -4.73. The van der Waals surface area contributed by atoms with E-state index < -0.39 is 52.3 Å². The Morgan fingerprint density at radius 3 is 1.76 bits per heavy atom. The summed E-state index contributed by atoms with van der Waals surface area (Å²) >= 11 is 0. The number of hydrogen-bond acceptors (Lipinski definition) is 2. The van der Waals surface area contributed by atoms with Crippen LogP contribution in [0, 0.1) is 34.9 Å². The monoisotopic (exact) mass is 627 g/mol. The Morgan fingerprint density at radius 2 is 1.20 bits per heavy atom. The number of aryl methyl sites for hydroxylation is 1. The Bertz CT molecular complexity index is 1820. The van der Waals surface area contributed by atoms with E-state index in [1.54, 1.807) is 12.3 Å². The van der Waals surface area contributed by atoms with Crippen molar-refractivity contribution in [1.29, 1.82) is 0 Å². The average Bonchev–Trinajstić information content (AvgIpc) is 3.00. The fourth-order valence-electron chi connectivity index (χ4n) is 4.86. The number of hydrogen-bond donors (Lipinski definition) is 0. The van der Waals surface area contributed by atoms with Crippen LogP contribution in [0.15, 0.2) is 85.1 Å². The zero-order valence-electron chi connectivity index (χ0n) is 23.8. The number of halogens is 8. The van der Waals surface area contributed by atoms with Gasteiger partial charge in [-0.2, -0.15) is 8.78 Å². The maximum atomic E-state index is 15.2. The van der Waals surface area contributed by atoms with E-state index in [0.29, 0.717) is 23.4 Å². The van der Waals surface area contributed by atoms with Crippen LogP contribution in [0.1, 0.15) is 37.3 Å². The van der Waals surface area contributed by atoms with E-state index in [4.69, 9.17) is 0 Å². The van der Waals surface area contributed by atoms with Gasteiger partial charge in [-0.3, -0.25) is 4.98 Å². The topological polar surface area (TPSA) is 22.1 Å². The van der Waals surface area contributed by atoms with E-state index in [-0.39, 0.29) is 34.4 Å². The zero-order chi connectivity index (χ0) is 32.3. The predicted molar refractivity (Wildman–Crippen MR) is 154 cm³/mol. The number of pyridine rings is 1. The Balaban J connectivity index is 1.34. The quantitative estimate of drug-likeness (QED) is 0.0873. The molecule has 1 aromatic heterocycles. The third-order valence-electron chi connectivity index (χ3n) is 7.24. The van der Waals surface area contributed by atoms with Gasteiger partial charge in [0.15, 0.2) is 17.5 Å². The molecule has 0 radical (unpaired) electrons. The number of rotatable bonds is 10. The molecule has 45 heavy (non-hydrogen) atoms. The van der Waals surface area contributed by atoms with E-state index in [0.717, 1.165) is 43.4 Å². The van der Waals surface area contributed by atoms with Crippen LogP contribution in [0.25, 0.3) is 33.5 Å². The first-order valence-corrected chi connectivity index (χ1v) is 14.0. The molecule has 0 N–H and O–H groups in total. The van der Waals surface area contributed by atoms with E-state index in [9.17, 15) is 26.3 Å². The third-order valence-corrected chi connectivity index (χ3v) is 7.24. The lowest BCUT2D eigenvalue weighted by molar-refractivity contribution is -0.187. The second kappa shape index (κ2) is 13.1. The van der Waals surface area contributed by atoms with Crippen molar-refractivity contribution in [2.75, 3.05) is 0 Å². The number of ether oxygens (including phenoxy) is 1. The number of aromatic nitrogens is 1. The van der Waals surface area contributed by atoms with Gasteiger partial charge in [0.25, 0.3) is 0 Å². The van der Waals surface area contributed by atoms with Crippen LogP contribution in [0.5, 0.6) is 5.75 Å². The maximum Gasteiger partial charge on any atom is 0.429 e. The van der Waals surface area contributed by atoms with Gasteiger partial charge in [-0.05, 0) is 59.9 Å². The summed E-state index contributed by atoms with van der Waals surface area (Å²) in [6, 6.07) is 14.6. The van der Waals surface area contributed by atoms with Crippen LogP contribution in [0.3, 0.4) is 0 Å². The van der Waals surface area contributed by atoms with Gasteiger partial charge in [-0.25, -0.2) is 26.3 Å². The van der Waals surface area contributed by atoms with Crippen LogP contribution in [0.2, 0.25) is 0 Å². The zero-order valence-corrected chi connectivity index (χ0v) is 23.8. The van der Waals surface area contributed by atoms with Gasteiger partial charge >= 0.3 is 6.11 Å². The van der Waals surface area contributed by atoms with Crippen LogP contribution in [-0.4, -0.2) is 4.98 Å². The highest BCUT2D eigenvalue weighted by atomic mass is 19.3. The molecule has 2 nitrogen and oxygen atoms in total. The highest BCUT2D eigenvalue weighted by molar-refractivity contribution is 5.73. The van der Waals surface area contributed by atoms with Crippen molar-refractivity contribution < 1.29 is 39.9 Å². The van der Waals surface area contributed by atoms with Crippen LogP contribution >= 0.6 is 0 Å². The molecule has 5 aromatic rings. The van der Waals surface area contributed by atoms with Crippen LogP contribution in [-0.2, 0) is 12.5 Å². The van der Waals surface area contributed by atoms with Gasteiger partial charge in [-0.1, -0.05) is 56.2 Å². The lowest BCUT2D eigenvalue weighted by Gasteiger charge is -2.19. The minimum Gasteiger partial charge on any atom is -0.429 e. The van der Waals surface area contributed by atoms with Crippen LogP contribution in [0.4, 0.5) is 35.1 Å². The molecule has 0 bridgehead atoms. The number of benzene rings is 4. The van der Waals surface area contributed by atoms with Gasteiger partial charge in [-0.15, -0.1) is 0 Å². The summed E-state index contributed by atoms with van der Waals surface area (Å²) in [6.07, 6.45) is 1.56. The van der Waals surface area contributed by atoms with Crippen molar-refractivity contribution >= 4 is 0 Å². The molecule has 0 saturated heterocycles. The smallest absolute Gasteiger partial charge is 0.429 e. The van der Waals surface area contributed by atoms with Crippen molar-refractivity contribution in [3.8, 4) is 39.3 Å². The minimum atomic E-state index is -4.42. The molecule has 0 saturated carbocycles. The molecule has 0 atom stereocenters. The Labute approximate surface area is 254 Å². The maximum absolute atomic E-state index is 15.2. The lowest BCUT2D eigenvalue weighted by Crippen LogP contribution is -2.23. The molecular weight excluding hydrogens is 602 g/mol. The van der Waals surface area contributed by atoms with E-state index in [2.05, 4.69) is 16.6 Å². The van der Waals surface area contributed by atoms with Crippen molar-refractivity contribution in [3.63, 3.8) is 0 Å². The number of unbranched alkanes of at least 4 members (excludes halogenated alkanes) is 2. The normalized spacial score (nSPS) is 11.6. The highest BCUT2D eigenvalue weighted by Gasteiger charge is 2.38. The van der Waals surface area contributed by atoms with Gasteiger partial charge < -0.3 is 4.74 Å².